The highest BCUT2D eigenvalue weighted by molar-refractivity contribution is 5.99. The maximum absolute atomic E-state index is 11.8. The van der Waals surface area contributed by atoms with Gasteiger partial charge in [-0.25, -0.2) is 0 Å². The molecular weight excluding hydrogens is 252 g/mol. The van der Waals surface area contributed by atoms with Crippen molar-refractivity contribution in [1.82, 2.24) is 10.2 Å². The van der Waals surface area contributed by atoms with Crippen LogP contribution in [-0.4, -0.2) is 35.3 Å². The van der Waals surface area contributed by atoms with Crippen LogP contribution in [0.25, 0.3) is 0 Å². The summed E-state index contributed by atoms with van der Waals surface area (Å²) < 4.78 is 0. The van der Waals surface area contributed by atoms with E-state index in [4.69, 9.17) is 0 Å². The van der Waals surface area contributed by atoms with E-state index >= 15 is 0 Å². The topological polar surface area (TPSA) is 49.4 Å². The summed E-state index contributed by atoms with van der Waals surface area (Å²) in [5.74, 6) is 0.556. The van der Waals surface area contributed by atoms with Crippen LogP contribution in [0.2, 0.25) is 0 Å². The second-order valence-electron chi connectivity index (χ2n) is 8.68. The number of piperazine rings is 1. The molecule has 5 fully saturated rings. The molecule has 0 aromatic carbocycles. The van der Waals surface area contributed by atoms with E-state index < -0.39 is 0 Å². The molecule has 110 valence electrons. The molecule has 0 aromatic rings. The van der Waals surface area contributed by atoms with Crippen molar-refractivity contribution in [2.75, 3.05) is 13.1 Å². The van der Waals surface area contributed by atoms with Gasteiger partial charge in [-0.3, -0.25) is 19.8 Å². The fourth-order valence-electron chi connectivity index (χ4n) is 6.71. The van der Waals surface area contributed by atoms with Crippen LogP contribution in [0.15, 0.2) is 0 Å². The molecule has 4 nitrogen and oxygen atoms in total. The average Bonchev–Trinajstić information content (AvgIpc) is 2.22. The summed E-state index contributed by atoms with van der Waals surface area (Å²) in [6.07, 6.45) is 7.56. The van der Waals surface area contributed by atoms with Gasteiger partial charge in [0.05, 0.1) is 13.1 Å². The Morgan fingerprint density at radius 2 is 1.50 bits per heavy atom. The van der Waals surface area contributed by atoms with E-state index in [2.05, 4.69) is 24.1 Å². The smallest absolute Gasteiger partial charge is 0.240 e. The van der Waals surface area contributed by atoms with E-state index in [1.165, 1.54) is 38.5 Å². The Bertz CT molecular complexity index is 467. The van der Waals surface area contributed by atoms with Crippen LogP contribution in [0.1, 0.15) is 52.4 Å². The van der Waals surface area contributed by atoms with Crippen molar-refractivity contribution in [3.05, 3.63) is 0 Å². The Labute approximate surface area is 120 Å². The van der Waals surface area contributed by atoms with E-state index in [1.54, 1.807) is 0 Å². The van der Waals surface area contributed by atoms with Crippen molar-refractivity contribution in [2.24, 2.45) is 16.7 Å². The molecule has 0 spiro atoms. The number of hydrogen-bond donors (Lipinski definition) is 1. The first kappa shape index (κ1) is 12.8. The predicted molar refractivity (Wildman–Crippen MR) is 74.9 cm³/mol. The molecule has 4 heteroatoms. The number of amides is 2. The largest absolute Gasteiger partial charge is 0.294 e. The summed E-state index contributed by atoms with van der Waals surface area (Å²) in [6.45, 7) is 5.67. The van der Waals surface area contributed by atoms with Crippen molar-refractivity contribution in [1.29, 1.82) is 0 Å². The minimum atomic E-state index is -0.118. The first-order valence-electron chi connectivity index (χ1n) is 7.88. The lowest BCUT2D eigenvalue weighted by Crippen LogP contribution is -2.69. The van der Waals surface area contributed by atoms with Crippen molar-refractivity contribution < 1.29 is 9.59 Å². The van der Waals surface area contributed by atoms with Gasteiger partial charge in [-0.2, -0.15) is 0 Å². The maximum atomic E-state index is 11.8. The number of nitrogens with one attached hydrogen (secondary N) is 1. The lowest BCUT2D eigenvalue weighted by atomic mass is 9.42. The molecule has 1 heterocycles. The zero-order valence-electron chi connectivity index (χ0n) is 12.5. The van der Waals surface area contributed by atoms with Gasteiger partial charge in [0.1, 0.15) is 0 Å². The van der Waals surface area contributed by atoms with Crippen molar-refractivity contribution in [2.45, 2.75) is 57.9 Å². The first-order chi connectivity index (χ1) is 9.30. The minimum Gasteiger partial charge on any atom is -0.294 e. The fourth-order valence-corrected chi connectivity index (χ4v) is 6.71. The van der Waals surface area contributed by atoms with Gasteiger partial charge >= 0.3 is 0 Å². The summed E-state index contributed by atoms with van der Waals surface area (Å²) in [5, 5.41) is 2.44. The first-order valence-corrected chi connectivity index (χ1v) is 7.88. The standard InChI is InChI=1S/C16H24N2O2/c1-14-3-11-4-15(2,8-14)10-16(5-11,9-14)18-6-12(19)17-13(20)7-18/h11H,3-10H2,1-2H3,(H,17,19,20). The zero-order chi connectivity index (χ0) is 14.2. The van der Waals surface area contributed by atoms with Gasteiger partial charge in [-0.1, -0.05) is 13.8 Å². The summed E-state index contributed by atoms with van der Waals surface area (Å²) in [7, 11) is 0. The Hall–Kier alpha value is -0.900. The van der Waals surface area contributed by atoms with Crippen molar-refractivity contribution >= 4 is 11.8 Å². The number of hydrogen-bond acceptors (Lipinski definition) is 3. The summed E-state index contributed by atoms with van der Waals surface area (Å²) in [5.41, 5.74) is 0.951. The zero-order valence-corrected chi connectivity index (χ0v) is 12.5. The van der Waals surface area contributed by atoms with Crippen LogP contribution in [0.5, 0.6) is 0 Å². The van der Waals surface area contributed by atoms with Crippen LogP contribution < -0.4 is 5.32 Å². The van der Waals surface area contributed by atoms with Gasteiger partial charge < -0.3 is 0 Å². The van der Waals surface area contributed by atoms with Gasteiger partial charge in [0.2, 0.25) is 11.8 Å². The molecule has 20 heavy (non-hydrogen) atoms. The molecule has 1 N–H and O–H groups in total. The number of carbonyl (C=O) groups is 2. The third kappa shape index (κ3) is 1.77. The highest BCUT2D eigenvalue weighted by Crippen LogP contribution is 2.67. The quantitative estimate of drug-likeness (QED) is 0.742. The highest BCUT2D eigenvalue weighted by Gasteiger charge is 2.62. The Kier molecular flexibility index (Phi) is 2.34. The number of carbonyl (C=O) groups excluding carboxylic acids is 2. The fraction of sp³-hybridized carbons (Fsp3) is 0.875. The van der Waals surface area contributed by atoms with Crippen LogP contribution >= 0.6 is 0 Å². The van der Waals surface area contributed by atoms with E-state index in [0.29, 0.717) is 23.9 Å². The summed E-state index contributed by atoms with van der Waals surface area (Å²) in [4.78, 5) is 25.7. The molecule has 4 aliphatic carbocycles. The van der Waals surface area contributed by atoms with Gasteiger partial charge in [-0.05, 0) is 55.3 Å². The van der Waals surface area contributed by atoms with Crippen LogP contribution in [0, 0.1) is 16.7 Å². The van der Waals surface area contributed by atoms with E-state index in [9.17, 15) is 9.59 Å². The maximum Gasteiger partial charge on any atom is 0.240 e. The van der Waals surface area contributed by atoms with Crippen molar-refractivity contribution in [3.63, 3.8) is 0 Å². The Morgan fingerprint density at radius 1 is 0.950 bits per heavy atom. The minimum absolute atomic E-state index is 0.107. The normalized spacial score (nSPS) is 51.4. The van der Waals surface area contributed by atoms with Gasteiger partial charge in [0, 0.05) is 5.54 Å². The van der Waals surface area contributed by atoms with Gasteiger partial charge in [0.15, 0.2) is 0 Å². The molecule has 1 aliphatic heterocycles. The van der Waals surface area contributed by atoms with Gasteiger partial charge in [-0.15, -0.1) is 0 Å². The molecule has 4 bridgehead atoms. The highest BCUT2D eigenvalue weighted by atomic mass is 16.2. The SMILES string of the molecule is CC12CC3CC(C)(C1)CC(N1CC(=O)NC(=O)C1)(C3)C2. The number of nitrogens with zero attached hydrogens (tertiary/aromatic N) is 1. The van der Waals surface area contributed by atoms with Crippen LogP contribution in [0.3, 0.4) is 0 Å². The second kappa shape index (κ2) is 3.65. The molecule has 2 atom stereocenters. The van der Waals surface area contributed by atoms with Crippen LogP contribution in [-0.2, 0) is 9.59 Å². The monoisotopic (exact) mass is 276 g/mol. The molecule has 1 saturated heterocycles. The number of rotatable bonds is 1. The van der Waals surface area contributed by atoms with E-state index in [-0.39, 0.29) is 17.4 Å². The van der Waals surface area contributed by atoms with E-state index in [0.717, 1.165) is 5.92 Å². The summed E-state index contributed by atoms with van der Waals surface area (Å²) >= 11 is 0. The molecule has 2 unspecified atom stereocenters. The van der Waals surface area contributed by atoms with E-state index in [1.807, 2.05) is 0 Å². The van der Waals surface area contributed by atoms with Crippen LogP contribution in [0.4, 0.5) is 0 Å². The molecule has 0 radical (unpaired) electrons. The predicted octanol–water partition coefficient (Wildman–Crippen LogP) is 1.69. The Morgan fingerprint density at radius 3 is 2.00 bits per heavy atom. The van der Waals surface area contributed by atoms with Crippen molar-refractivity contribution in [3.8, 4) is 0 Å². The Balaban J connectivity index is 1.70. The second-order valence-corrected chi connectivity index (χ2v) is 8.68. The molecule has 5 aliphatic rings. The number of imide groups is 1. The molecule has 5 rings (SSSR count). The summed E-state index contributed by atoms with van der Waals surface area (Å²) in [6, 6.07) is 0. The third-order valence-corrected chi connectivity index (χ3v) is 6.22. The lowest BCUT2D eigenvalue weighted by Gasteiger charge is -2.68. The lowest BCUT2D eigenvalue weighted by molar-refractivity contribution is -0.172. The molecule has 2 amide bonds. The average molecular weight is 276 g/mol. The molecular formula is C16H24N2O2. The van der Waals surface area contributed by atoms with Gasteiger partial charge in [0.25, 0.3) is 0 Å². The molecule has 0 aromatic heterocycles. The third-order valence-electron chi connectivity index (χ3n) is 6.22. The molecule has 4 saturated carbocycles.